The molecule has 0 rings (SSSR count). The van der Waals surface area contributed by atoms with Gasteiger partial charge in [-0.1, -0.05) is 6.92 Å². The summed E-state index contributed by atoms with van der Waals surface area (Å²) in [6.45, 7) is 12.3. The molecule has 0 radical (unpaired) electrons. The van der Waals surface area contributed by atoms with E-state index >= 15 is 0 Å². The molecule has 0 saturated heterocycles. The lowest BCUT2D eigenvalue weighted by atomic mass is 10.2. The van der Waals surface area contributed by atoms with Crippen molar-refractivity contribution in [3.8, 4) is 0 Å². The molecule has 30 heavy (non-hydrogen) atoms. The molecule has 9 heteroatoms. The zero-order valence-corrected chi connectivity index (χ0v) is 19.2. The molecular weight excluding hydrogens is 388 g/mol. The first-order chi connectivity index (χ1) is 14.6. The number of hydrogen-bond acceptors (Lipinski definition) is 9. The van der Waals surface area contributed by atoms with Crippen LogP contribution in [0.3, 0.4) is 0 Å². The molecule has 0 aromatic rings. The maximum absolute atomic E-state index is 9.36. The fourth-order valence-corrected chi connectivity index (χ4v) is 3.70. The highest BCUT2D eigenvalue weighted by Crippen LogP contribution is 2.01. The molecule has 0 aromatic heterocycles. The minimum atomic E-state index is 0.0943. The molecule has 0 spiro atoms. The molecule has 0 atom stereocenters. The maximum atomic E-state index is 9.36. The predicted molar refractivity (Wildman–Crippen MR) is 121 cm³/mol. The zero-order chi connectivity index (χ0) is 22.5. The SMILES string of the molecule is CCN(CCO)CCCN(CCO)CCCN(CCO)CCCN(CCO)CCO. The average molecular weight is 437 g/mol. The van der Waals surface area contributed by atoms with Crippen LogP contribution < -0.4 is 0 Å². The highest BCUT2D eigenvalue weighted by molar-refractivity contribution is 4.66. The molecule has 0 unspecified atom stereocenters. The first-order valence-corrected chi connectivity index (χ1v) is 11.6. The molecule has 0 amide bonds. The van der Waals surface area contributed by atoms with Gasteiger partial charge >= 0.3 is 0 Å². The highest BCUT2D eigenvalue weighted by atomic mass is 16.3. The van der Waals surface area contributed by atoms with Gasteiger partial charge in [0.25, 0.3) is 0 Å². The third kappa shape index (κ3) is 16.3. The molecule has 5 N–H and O–H groups in total. The van der Waals surface area contributed by atoms with Crippen LogP contribution in [-0.2, 0) is 0 Å². The molecule has 0 fully saturated rings. The Kier molecular flexibility index (Phi) is 21.6. The number of aliphatic hydroxyl groups excluding tert-OH is 5. The van der Waals surface area contributed by atoms with Gasteiger partial charge in [-0.25, -0.2) is 0 Å². The van der Waals surface area contributed by atoms with Crippen molar-refractivity contribution in [2.45, 2.75) is 26.2 Å². The Morgan fingerprint density at radius 3 is 0.867 bits per heavy atom. The van der Waals surface area contributed by atoms with Crippen molar-refractivity contribution >= 4 is 0 Å². The van der Waals surface area contributed by atoms with E-state index in [4.69, 9.17) is 15.3 Å². The Morgan fingerprint density at radius 1 is 0.367 bits per heavy atom. The third-order valence-corrected chi connectivity index (χ3v) is 5.37. The summed E-state index contributed by atoms with van der Waals surface area (Å²) in [5.41, 5.74) is 0. The number of hydrogen-bond donors (Lipinski definition) is 5. The van der Waals surface area contributed by atoms with E-state index in [9.17, 15) is 10.2 Å². The second-order valence-corrected chi connectivity index (χ2v) is 7.64. The summed E-state index contributed by atoms with van der Waals surface area (Å²) < 4.78 is 0. The summed E-state index contributed by atoms with van der Waals surface area (Å²) >= 11 is 0. The van der Waals surface area contributed by atoms with Gasteiger partial charge < -0.3 is 40.2 Å². The van der Waals surface area contributed by atoms with Crippen molar-refractivity contribution in [3.63, 3.8) is 0 Å². The van der Waals surface area contributed by atoms with Crippen LogP contribution in [0.4, 0.5) is 0 Å². The van der Waals surface area contributed by atoms with Crippen molar-refractivity contribution in [2.75, 3.05) is 112 Å². The Labute approximate surface area is 183 Å². The van der Waals surface area contributed by atoms with Crippen LogP contribution in [0, 0.1) is 0 Å². The van der Waals surface area contributed by atoms with Gasteiger partial charge in [0.15, 0.2) is 0 Å². The van der Waals surface area contributed by atoms with Crippen LogP contribution in [0.25, 0.3) is 0 Å². The van der Waals surface area contributed by atoms with Crippen LogP contribution >= 0.6 is 0 Å². The molecule has 9 nitrogen and oxygen atoms in total. The summed E-state index contributed by atoms with van der Waals surface area (Å²) in [6.07, 6.45) is 2.92. The van der Waals surface area contributed by atoms with E-state index in [0.717, 1.165) is 65.1 Å². The van der Waals surface area contributed by atoms with Gasteiger partial charge in [0.2, 0.25) is 0 Å². The Hall–Kier alpha value is -0.360. The van der Waals surface area contributed by atoms with Gasteiger partial charge in [0, 0.05) is 32.7 Å². The first-order valence-electron chi connectivity index (χ1n) is 11.6. The van der Waals surface area contributed by atoms with Gasteiger partial charge in [-0.15, -0.1) is 0 Å². The van der Waals surface area contributed by atoms with Crippen LogP contribution in [0.2, 0.25) is 0 Å². The molecule has 0 heterocycles. The van der Waals surface area contributed by atoms with Crippen molar-refractivity contribution < 1.29 is 25.5 Å². The number of likely N-dealkylation sites (N-methyl/N-ethyl adjacent to an activating group) is 1. The topological polar surface area (TPSA) is 114 Å². The Bertz CT molecular complexity index is 349. The molecular formula is C21H48N4O5. The van der Waals surface area contributed by atoms with E-state index in [-0.39, 0.29) is 33.0 Å². The van der Waals surface area contributed by atoms with E-state index in [1.165, 1.54) is 0 Å². The fourth-order valence-electron chi connectivity index (χ4n) is 3.70. The maximum Gasteiger partial charge on any atom is 0.0558 e. The normalized spacial score (nSPS) is 12.2. The van der Waals surface area contributed by atoms with Gasteiger partial charge in [0.1, 0.15) is 0 Å². The van der Waals surface area contributed by atoms with Crippen molar-refractivity contribution in [3.05, 3.63) is 0 Å². The third-order valence-electron chi connectivity index (χ3n) is 5.37. The van der Waals surface area contributed by atoms with Crippen molar-refractivity contribution in [1.29, 1.82) is 0 Å². The minimum absolute atomic E-state index is 0.0943. The van der Waals surface area contributed by atoms with E-state index in [1.54, 1.807) is 0 Å². The van der Waals surface area contributed by atoms with E-state index in [0.29, 0.717) is 32.7 Å². The Balaban J connectivity index is 4.24. The lowest BCUT2D eigenvalue weighted by Crippen LogP contribution is -2.37. The standard InChI is InChI=1S/C21H48N4O5/c1-2-22(12-17-26)6-3-7-23(13-18-27)8-4-9-24(14-19-28)10-5-11-25(15-20-29)16-21-30/h26-30H,2-21H2,1H3. The van der Waals surface area contributed by atoms with E-state index in [2.05, 4.69) is 26.5 Å². The fraction of sp³-hybridized carbons (Fsp3) is 1.00. The monoisotopic (exact) mass is 436 g/mol. The largest absolute Gasteiger partial charge is 0.395 e. The second kappa shape index (κ2) is 21.9. The summed E-state index contributed by atoms with van der Waals surface area (Å²) in [5, 5.41) is 46.0. The quantitative estimate of drug-likeness (QED) is 0.128. The minimum Gasteiger partial charge on any atom is -0.395 e. The number of rotatable bonds is 23. The lowest BCUT2D eigenvalue weighted by molar-refractivity contribution is 0.142. The van der Waals surface area contributed by atoms with Crippen LogP contribution in [0.15, 0.2) is 0 Å². The van der Waals surface area contributed by atoms with E-state index < -0.39 is 0 Å². The number of nitrogens with zero attached hydrogens (tertiary/aromatic N) is 4. The Morgan fingerprint density at radius 2 is 0.600 bits per heavy atom. The summed E-state index contributed by atoms with van der Waals surface area (Å²) in [4.78, 5) is 8.83. The molecule has 0 aliphatic carbocycles. The van der Waals surface area contributed by atoms with Crippen LogP contribution in [0.5, 0.6) is 0 Å². The second-order valence-electron chi connectivity index (χ2n) is 7.64. The molecule has 0 aliphatic heterocycles. The average Bonchev–Trinajstić information content (AvgIpc) is 2.73. The van der Waals surface area contributed by atoms with Crippen molar-refractivity contribution in [1.82, 2.24) is 19.6 Å². The molecule has 0 aliphatic rings. The molecule has 182 valence electrons. The number of aliphatic hydroxyl groups is 5. The smallest absolute Gasteiger partial charge is 0.0558 e. The van der Waals surface area contributed by atoms with Crippen LogP contribution in [0.1, 0.15) is 26.2 Å². The van der Waals surface area contributed by atoms with Gasteiger partial charge in [0.05, 0.1) is 33.0 Å². The van der Waals surface area contributed by atoms with Gasteiger partial charge in [-0.3, -0.25) is 4.90 Å². The van der Waals surface area contributed by atoms with Crippen LogP contribution in [-0.4, -0.2) is 157 Å². The summed E-state index contributed by atoms with van der Waals surface area (Å²) in [6, 6.07) is 0. The first kappa shape index (κ1) is 29.6. The molecule has 0 aromatic carbocycles. The summed E-state index contributed by atoms with van der Waals surface area (Å²) in [7, 11) is 0. The lowest BCUT2D eigenvalue weighted by Gasteiger charge is -2.27. The summed E-state index contributed by atoms with van der Waals surface area (Å²) in [5.74, 6) is 0. The van der Waals surface area contributed by atoms with E-state index in [1.807, 2.05) is 0 Å². The molecule has 0 saturated carbocycles. The zero-order valence-electron chi connectivity index (χ0n) is 19.2. The molecule has 0 bridgehead atoms. The van der Waals surface area contributed by atoms with Gasteiger partial charge in [-0.2, -0.15) is 0 Å². The predicted octanol–water partition coefficient (Wildman–Crippen LogP) is -1.65. The highest BCUT2D eigenvalue weighted by Gasteiger charge is 2.10. The van der Waals surface area contributed by atoms with Gasteiger partial charge in [-0.05, 0) is 65.1 Å². The van der Waals surface area contributed by atoms with Crippen molar-refractivity contribution in [2.24, 2.45) is 0 Å².